The van der Waals surface area contributed by atoms with Crippen molar-refractivity contribution in [1.82, 2.24) is 4.98 Å². The molecule has 0 amide bonds. The lowest BCUT2D eigenvalue weighted by Crippen LogP contribution is -2.19. The zero-order valence-electron chi connectivity index (χ0n) is 8.05. The first-order chi connectivity index (χ1) is 7.50. The van der Waals surface area contributed by atoms with E-state index in [2.05, 4.69) is 9.72 Å². The van der Waals surface area contributed by atoms with Crippen molar-refractivity contribution >= 4 is 19.7 Å². The average molecular weight is 294 g/mol. The van der Waals surface area contributed by atoms with Crippen LogP contribution in [0.1, 0.15) is 5.69 Å². The second-order valence-corrected chi connectivity index (χ2v) is 5.40. The lowest BCUT2D eigenvalue weighted by atomic mass is 10.4. The lowest BCUT2D eigenvalue weighted by molar-refractivity contribution is -0.277. The molecule has 1 rings (SSSR count). The monoisotopic (exact) mass is 293 g/mol. The van der Waals surface area contributed by atoms with Crippen LogP contribution in [-0.4, -0.2) is 19.8 Å². The van der Waals surface area contributed by atoms with E-state index in [1.54, 1.807) is 0 Å². The van der Waals surface area contributed by atoms with Crippen molar-refractivity contribution in [3.8, 4) is 5.88 Å². The van der Waals surface area contributed by atoms with E-state index < -0.39 is 32.0 Å². The zero-order valence-corrected chi connectivity index (χ0v) is 9.62. The van der Waals surface area contributed by atoms with Gasteiger partial charge in [-0.1, -0.05) is 0 Å². The Morgan fingerprint density at radius 1 is 1.41 bits per heavy atom. The van der Waals surface area contributed by atoms with Crippen LogP contribution in [0.4, 0.5) is 17.6 Å². The van der Waals surface area contributed by atoms with E-state index in [0.717, 1.165) is 6.92 Å². The second kappa shape index (κ2) is 4.30. The molecule has 0 aliphatic heterocycles. The van der Waals surface area contributed by atoms with Crippen molar-refractivity contribution in [1.29, 1.82) is 0 Å². The van der Waals surface area contributed by atoms with E-state index in [9.17, 15) is 26.0 Å². The van der Waals surface area contributed by atoms with Crippen molar-refractivity contribution in [2.24, 2.45) is 0 Å². The van der Waals surface area contributed by atoms with Gasteiger partial charge in [0.1, 0.15) is 4.90 Å². The Labute approximate surface area is 97.6 Å². The van der Waals surface area contributed by atoms with Gasteiger partial charge in [-0.3, -0.25) is 0 Å². The third-order valence-electron chi connectivity index (χ3n) is 1.50. The third kappa shape index (κ3) is 3.70. The summed E-state index contributed by atoms with van der Waals surface area (Å²) < 4.78 is 73.9. The van der Waals surface area contributed by atoms with Crippen molar-refractivity contribution in [3.05, 3.63) is 17.6 Å². The SMILES string of the molecule is Cc1cc(S(=O)(=O)Cl)c(F)c(OC(F)(F)F)n1. The lowest BCUT2D eigenvalue weighted by Gasteiger charge is -2.10. The highest BCUT2D eigenvalue weighted by Crippen LogP contribution is 2.29. The van der Waals surface area contributed by atoms with Gasteiger partial charge in [0.05, 0.1) is 0 Å². The van der Waals surface area contributed by atoms with Crippen LogP contribution in [0.5, 0.6) is 5.88 Å². The van der Waals surface area contributed by atoms with Gasteiger partial charge in [-0.05, 0) is 13.0 Å². The summed E-state index contributed by atoms with van der Waals surface area (Å²) in [5, 5.41) is 0. The standard InChI is InChI=1S/C7H4ClF4NO3S/c1-3-2-4(17(8,14)15)5(9)6(13-3)16-7(10,11)12/h2H,1H3. The number of ether oxygens (including phenoxy) is 1. The summed E-state index contributed by atoms with van der Waals surface area (Å²) in [5.74, 6) is -3.28. The van der Waals surface area contributed by atoms with Gasteiger partial charge in [0, 0.05) is 16.4 Å². The predicted octanol–water partition coefficient (Wildman–Crippen LogP) is 2.36. The number of rotatable bonds is 2. The van der Waals surface area contributed by atoms with Crippen LogP contribution in [0.3, 0.4) is 0 Å². The molecule has 0 aliphatic rings. The molecule has 1 aromatic rings. The molecule has 17 heavy (non-hydrogen) atoms. The molecule has 0 aromatic carbocycles. The zero-order chi connectivity index (χ0) is 13.4. The van der Waals surface area contributed by atoms with Crippen LogP contribution < -0.4 is 4.74 Å². The number of aromatic nitrogens is 1. The maximum absolute atomic E-state index is 13.3. The number of pyridine rings is 1. The molecule has 0 saturated heterocycles. The van der Waals surface area contributed by atoms with Gasteiger partial charge in [0.2, 0.25) is 5.82 Å². The molecule has 4 nitrogen and oxygen atoms in total. The largest absolute Gasteiger partial charge is 0.574 e. The molecule has 0 radical (unpaired) electrons. The van der Waals surface area contributed by atoms with Crippen molar-refractivity contribution < 1.29 is 30.7 Å². The minimum Gasteiger partial charge on any atom is -0.385 e. The Balaban J connectivity index is 3.40. The molecule has 0 unspecified atom stereocenters. The number of hydrogen-bond acceptors (Lipinski definition) is 4. The second-order valence-electron chi connectivity index (χ2n) is 2.87. The normalized spacial score (nSPS) is 12.6. The van der Waals surface area contributed by atoms with Gasteiger partial charge in [0.15, 0.2) is 0 Å². The molecule has 1 heterocycles. The summed E-state index contributed by atoms with van der Waals surface area (Å²) in [6.07, 6.45) is -5.19. The van der Waals surface area contributed by atoms with E-state index in [-0.39, 0.29) is 5.69 Å². The van der Waals surface area contributed by atoms with Gasteiger partial charge in [-0.15, -0.1) is 13.2 Å². The maximum Gasteiger partial charge on any atom is 0.574 e. The summed E-state index contributed by atoms with van der Waals surface area (Å²) in [6, 6.07) is 0.695. The minimum absolute atomic E-state index is 0.190. The first kappa shape index (κ1) is 14.0. The third-order valence-corrected chi connectivity index (χ3v) is 2.82. The molecule has 0 saturated carbocycles. The molecule has 96 valence electrons. The van der Waals surface area contributed by atoms with Crippen LogP contribution in [0.2, 0.25) is 0 Å². The van der Waals surface area contributed by atoms with Crippen molar-refractivity contribution in [3.63, 3.8) is 0 Å². The highest BCUT2D eigenvalue weighted by molar-refractivity contribution is 8.13. The Kier molecular flexibility index (Phi) is 3.53. The highest BCUT2D eigenvalue weighted by atomic mass is 35.7. The average Bonchev–Trinajstić information content (AvgIpc) is 2.06. The molecular formula is C7H4ClF4NO3S. The highest BCUT2D eigenvalue weighted by Gasteiger charge is 2.35. The molecule has 0 fully saturated rings. The quantitative estimate of drug-likeness (QED) is 0.620. The summed E-state index contributed by atoms with van der Waals surface area (Å²) in [7, 11) is 0.322. The molecule has 10 heteroatoms. The fraction of sp³-hybridized carbons (Fsp3) is 0.286. The molecule has 1 aromatic heterocycles. The number of aryl methyl sites for hydroxylation is 1. The van der Waals surface area contributed by atoms with Crippen molar-refractivity contribution in [2.45, 2.75) is 18.2 Å². The van der Waals surface area contributed by atoms with Crippen LogP contribution >= 0.6 is 10.7 Å². The maximum atomic E-state index is 13.3. The molecule has 0 bridgehead atoms. The van der Waals surface area contributed by atoms with Crippen LogP contribution in [0.25, 0.3) is 0 Å². The number of hydrogen-bond donors (Lipinski definition) is 0. The Morgan fingerprint density at radius 3 is 2.35 bits per heavy atom. The number of alkyl halides is 3. The van der Waals surface area contributed by atoms with E-state index in [0.29, 0.717) is 6.07 Å². The van der Waals surface area contributed by atoms with Crippen LogP contribution in [0.15, 0.2) is 11.0 Å². The summed E-state index contributed by atoms with van der Waals surface area (Å²) in [4.78, 5) is 1.97. The minimum atomic E-state index is -5.19. The number of nitrogens with zero attached hydrogens (tertiary/aromatic N) is 1. The van der Waals surface area contributed by atoms with E-state index in [1.807, 2.05) is 0 Å². The van der Waals surface area contributed by atoms with Gasteiger partial charge < -0.3 is 4.74 Å². The fourth-order valence-corrected chi connectivity index (χ4v) is 1.90. The smallest absolute Gasteiger partial charge is 0.385 e. The van der Waals surface area contributed by atoms with Gasteiger partial charge >= 0.3 is 6.36 Å². The van der Waals surface area contributed by atoms with Gasteiger partial charge in [-0.2, -0.15) is 4.39 Å². The van der Waals surface area contributed by atoms with Gasteiger partial charge in [0.25, 0.3) is 14.9 Å². The van der Waals surface area contributed by atoms with Gasteiger partial charge in [-0.25, -0.2) is 13.4 Å². The first-order valence-corrected chi connectivity index (χ1v) is 6.19. The Hall–Kier alpha value is -1.09. The Morgan fingerprint density at radius 2 is 1.94 bits per heavy atom. The molecule has 0 N–H and O–H groups in total. The molecule has 0 atom stereocenters. The predicted molar refractivity (Wildman–Crippen MR) is 48.7 cm³/mol. The summed E-state index contributed by atoms with van der Waals surface area (Å²) >= 11 is 0. The van der Waals surface area contributed by atoms with E-state index in [1.165, 1.54) is 0 Å². The molecule has 0 aliphatic carbocycles. The summed E-state index contributed by atoms with van der Waals surface area (Å²) in [5.41, 5.74) is -0.190. The topological polar surface area (TPSA) is 56.3 Å². The van der Waals surface area contributed by atoms with Crippen LogP contribution in [0, 0.1) is 12.7 Å². The van der Waals surface area contributed by atoms with E-state index in [4.69, 9.17) is 10.7 Å². The molecule has 0 spiro atoms. The molecular weight excluding hydrogens is 290 g/mol. The van der Waals surface area contributed by atoms with Crippen LogP contribution in [-0.2, 0) is 9.05 Å². The van der Waals surface area contributed by atoms with Crippen molar-refractivity contribution in [2.75, 3.05) is 0 Å². The fourth-order valence-electron chi connectivity index (χ4n) is 0.955. The van der Waals surface area contributed by atoms with E-state index >= 15 is 0 Å². The first-order valence-electron chi connectivity index (χ1n) is 3.88. The Bertz CT molecular complexity index is 543. The summed E-state index contributed by atoms with van der Waals surface area (Å²) in [6.45, 7) is 1.16. The number of halogens is 5.